The maximum atomic E-state index is 12.6. The molecule has 31 heavy (non-hydrogen) atoms. The third-order valence-corrected chi connectivity index (χ3v) is 8.47. The molecule has 3 rings (SSSR count). The number of nitrogens with zero attached hydrogens (tertiary/aromatic N) is 1. The zero-order chi connectivity index (χ0) is 22.5. The largest absolute Gasteiger partial charge is 0.492 e. The van der Waals surface area contributed by atoms with E-state index >= 15 is 0 Å². The highest BCUT2D eigenvalue weighted by Gasteiger charge is 2.26. The summed E-state index contributed by atoms with van der Waals surface area (Å²) in [7, 11) is -7.15. The molecule has 2 aromatic rings. The molecule has 1 saturated heterocycles. The molecule has 0 radical (unpaired) electrons. The first-order valence-corrected chi connectivity index (χ1v) is 13.2. The molecule has 0 aliphatic carbocycles. The van der Waals surface area contributed by atoms with Crippen LogP contribution in [0.5, 0.6) is 5.75 Å². The van der Waals surface area contributed by atoms with Crippen LogP contribution in [0.15, 0.2) is 47.4 Å². The standard InChI is InChI=1S/C19H22Cl2N2O6S2/c20-18-6-1-15(13-19(18)21)14-30(24,25)22-7-10-29-16-2-4-17(5-3-16)31(26,27)23-8-11-28-12-9-23/h1-6,13,22H,7-12,14H2. The molecule has 1 aliphatic heterocycles. The second kappa shape index (κ2) is 10.5. The van der Waals surface area contributed by atoms with Crippen LogP contribution in [0.1, 0.15) is 5.56 Å². The van der Waals surface area contributed by atoms with Crippen LogP contribution in [-0.4, -0.2) is 60.6 Å². The van der Waals surface area contributed by atoms with Crippen molar-refractivity contribution in [2.24, 2.45) is 0 Å². The van der Waals surface area contributed by atoms with E-state index in [0.29, 0.717) is 42.6 Å². The van der Waals surface area contributed by atoms with Crippen LogP contribution in [0.2, 0.25) is 10.0 Å². The van der Waals surface area contributed by atoms with Crippen molar-refractivity contribution in [3.05, 3.63) is 58.1 Å². The maximum absolute atomic E-state index is 12.6. The summed E-state index contributed by atoms with van der Waals surface area (Å²) in [6.07, 6.45) is 0. The van der Waals surface area contributed by atoms with Gasteiger partial charge in [0.1, 0.15) is 12.4 Å². The van der Waals surface area contributed by atoms with Gasteiger partial charge in [-0.05, 0) is 42.0 Å². The van der Waals surface area contributed by atoms with Crippen LogP contribution in [-0.2, 0) is 30.5 Å². The van der Waals surface area contributed by atoms with Crippen LogP contribution in [0.3, 0.4) is 0 Å². The van der Waals surface area contributed by atoms with Crippen molar-refractivity contribution in [2.75, 3.05) is 39.5 Å². The highest BCUT2D eigenvalue weighted by molar-refractivity contribution is 7.89. The Bertz CT molecular complexity index is 1100. The van der Waals surface area contributed by atoms with Gasteiger partial charge in [0.25, 0.3) is 0 Å². The first-order chi connectivity index (χ1) is 14.7. The quantitative estimate of drug-likeness (QED) is 0.522. The average Bonchev–Trinajstić information content (AvgIpc) is 2.75. The third kappa shape index (κ3) is 6.79. The minimum absolute atomic E-state index is 0.0531. The normalized spacial score (nSPS) is 15.7. The van der Waals surface area contributed by atoms with Crippen LogP contribution < -0.4 is 9.46 Å². The average molecular weight is 509 g/mol. The molecule has 1 aliphatic rings. The number of sulfonamides is 2. The summed E-state index contributed by atoms with van der Waals surface area (Å²) < 4.78 is 64.1. The summed E-state index contributed by atoms with van der Waals surface area (Å²) in [5, 5.41) is 0.643. The van der Waals surface area contributed by atoms with Crippen molar-refractivity contribution < 1.29 is 26.3 Å². The summed E-state index contributed by atoms with van der Waals surface area (Å²) >= 11 is 11.7. The van der Waals surface area contributed by atoms with E-state index in [1.807, 2.05) is 0 Å². The lowest BCUT2D eigenvalue weighted by atomic mass is 10.2. The fourth-order valence-electron chi connectivity index (χ4n) is 2.91. The van der Waals surface area contributed by atoms with Gasteiger partial charge in [-0.2, -0.15) is 4.31 Å². The zero-order valence-electron chi connectivity index (χ0n) is 16.5. The van der Waals surface area contributed by atoms with Gasteiger partial charge in [-0.1, -0.05) is 29.3 Å². The molecular weight excluding hydrogens is 487 g/mol. The molecule has 1 N–H and O–H groups in total. The number of benzene rings is 2. The van der Waals surface area contributed by atoms with Gasteiger partial charge in [0.2, 0.25) is 20.0 Å². The maximum Gasteiger partial charge on any atom is 0.243 e. The first-order valence-electron chi connectivity index (χ1n) is 9.39. The molecule has 0 bridgehead atoms. The molecule has 1 heterocycles. The third-order valence-electron chi connectivity index (χ3n) is 4.47. The highest BCUT2D eigenvalue weighted by Crippen LogP contribution is 2.23. The van der Waals surface area contributed by atoms with E-state index in [2.05, 4.69) is 4.72 Å². The second-order valence-corrected chi connectivity index (χ2v) is 11.3. The fourth-order valence-corrected chi connectivity index (χ4v) is 5.75. The Morgan fingerprint density at radius 3 is 2.29 bits per heavy atom. The van der Waals surface area contributed by atoms with Crippen molar-refractivity contribution in [1.29, 1.82) is 0 Å². The van der Waals surface area contributed by atoms with E-state index in [9.17, 15) is 16.8 Å². The minimum atomic E-state index is -3.58. The first kappa shape index (κ1) is 24.2. The molecule has 12 heteroatoms. The number of halogens is 2. The van der Waals surface area contributed by atoms with Crippen LogP contribution in [0.25, 0.3) is 0 Å². The van der Waals surface area contributed by atoms with Crippen molar-refractivity contribution in [3.63, 3.8) is 0 Å². The van der Waals surface area contributed by atoms with Crippen LogP contribution >= 0.6 is 23.2 Å². The molecule has 0 amide bonds. The van der Waals surface area contributed by atoms with E-state index in [-0.39, 0.29) is 28.8 Å². The highest BCUT2D eigenvalue weighted by atomic mass is 35.5. The lowest BCUT2D eigenvalue weighted by Gasteiger charge is -2.26. The molecule has 0 spiro atoms. The van der Waals surface area contributed by atoms with E-state index in [0.717, 1.165) is 0 Å². The number of ether oxygens (including phenoxy) is 2. The smallest absolute Gasteiger partial charge is 0.243 e. The molecule has 0 aromatic heterocycles. The molecule has 1 fully saturated rings. The Morgan fingerprint density at radius 1 is 0.968 bits per heavy atom. The molecule has 0 unspecified atom stereocenters. The Labute approximate surface area is 192 Å². The summed E-state index contributed by atoms with van der Waals surface area (Å²) in [5.41, 5.74) is 0.514. The van der Waals surface area contributed by atoms with Gasteiger partial charge in [0.05, 0.1) is 33.9 Å². The van der Waals surface area contributed by atoms with E-state index in [4.69, 9.17) is 32.7 Å². The Hall–Kier alpha value is -1.40. The summed E-state index contributed by atoms with van der Waals surface area (Å²) in [4.78, 5) is 0.170. The summed E-state index contributed by atoms with van der Waals surface area (Å²) in [5.74, 6) is 0.197. The second-order valence-electron chi connectivity index (χ2n) is 6.74. The SMILES string of the molecule is O=S(=O)(Cc1ccc(Cl)c(Cl)c1)NCCOc1ccc(S(=O)(=O)N2CCOCC2)cc1. The van der Waals surface area contributed by atoms with Gasteiger partial charge in [-0.25, -0.2) is 21.6 Å². The van der Waals surface area contributed by atoms with Gasteiger partial charge in [0.15, 0.2) is 0 Å². The van der Waals surface area contributed by atoms with Gasteiger partial charge < -0.3 is 9.47 Å². The van der Waals surface area contributed by atoms with E-state index in [1.54, 1.807) is 12.1 Å². The van der Waals surface area contributed by atoms with Gasteiger partial charge in [-0.3, -0.25) is 0 Å². The Balaban J connectivity index is 1.48. The van der Waals surface area contributed by atoms with Crippen LogP contribution in [0, 0.1) is 0 Å². The van der Waals surface area contributed by atoms with E-state index < -0.39 is 20.0 Å². The monoisotopic (exact) mass is 508 g/mol. The zero-order valence-corrected chi connectivity index (χ0v) is 19.6. The number of nitrogens with one attached hydrogen (secondary N) is 1. The van der Waals surface area contributed by atoms with Gasteiger partial charge >= 0.3 is 0 Å². The van der Waals surface area contributed by atoms with Crippen molar-refractivity contribution in [2.45, 2.75) is 10.6 Å². The molecular formula is C19H22Cl2N2O6S2. The van der Waals surface area contributed by atoms with Gasteiger partial charge in [-0.15, -0.1) is 0 Å². The minimum Gasteiger partial charge on any atom is -0.492 e. The van der Waals surface area contributed by atoms with Crippen molar-refractivity contribution >= 4 is 43.2 Å². The predicted octanol–water partition coefficient (Wildman–Crippen LogP) is 2.51. The molecule has 2 aromatic carbocycles. The van der Waals surface area contributed by atoms with Crippen LogP contribution in [0.4, 0.5) is 0 Å². The van der Waals surface area contributed by atoms with E-state index in [1.165, 1.54) is 34.6 Å². The topological polar surface area (TPSA) is 102 Å². The number of hydrogen-bond acceptors (Lipinski definition) is 6. The molecule has 0 atom stereocenters. The molecule has 170 valence electrons. The van der Waals surface area contributed by atoms with Gasteiger partial charge in [0, 0.05) is 19.6 Å². The summed E-state index contributed by atoms with van der Waals surface area (Å²) in [6.45, 7) is 1.53. The molecule has 8 nitrogen and oxygen atoms in total. The Kier molecular flexibility index (Phi) is 8.19. The summed E-state index contributed by atoms with van der Waals surface area (Å²) in [6, 6.07) is 10.7. The number of morpholine rings is 1. The number of rotatable bonds is 9. The van der Waals surface area contributed by atoms with Crippen molar-refractivity contribution in [3.8, 4) is 5.75 Å². The van der Waals surface area contributed by atoms with Crippen molar-refractivity contribution in [1.82, 2.24) is 9.03 Å². The fraction of sp³-hybridized carbons (Fsp3) is 0.368. The Morgan fingerprint density at radius 2 is 1.65 bits per heavy atom. The molecule has 0 saturated carbocycles. The predicted molar refractivity (Wildman–Crippen MR) is 119 cm³/mol. The number of hydrogen-bond donors (Lipinski definition) is 1. The lowest BCUT2D eigenvalue weighted by molar-refractivity contribution is 0.0730. The lowest BCUT2D eigenvalue weighted by Crippen LogP contribution is -2.40.